The van der Waals surface area contributed by atoms with Crippen LogP contribution in [0.4, 0.5) is 74.6 Å². The summed E-state index contributed by atoms with van der Waals surface area (Å²) in [5, 5.41) is -8.03. The van der Waals surface area contributed by atoms with Crippen LogP contribution in [0.3, 0.4) is 0 Å². The molecular weight excluding hydrogens is 499 g/mol. The summed E-state index contributed by atoms with van der Waals surface area (Å²) in [6, 6.07) is 0. The fourth-order valence-corrected chi connectivity index (χ4v) is 1.94. The third kappa shape index (κ3) is 3.26. The van der Waals surface area contributed by atoms with Crippen LogP contribution < -0.4 is 0 Å². The Labute approximate surface area is 146 Å². The molecule has 0 aromatic heterocycles. The summed E-state index contributed by atoms with van der Waals surface area (Å²) >= 11 is 0. The Balaban J connectivity index is 7.29. The van der Waals surface area contributed by atoms with Gasteiger partial charge in [0, 0.05) is 0 Å². The quantitative estimate of drug-likeness (QED) is 0.400. The molecule has 0 saturated heterocycles. The number of hydrogen-bond donors (Lipinski definition) is 0. The maximum absolute atomic E-state index is 13.4. The first kappa shape index (κ1) is 27.7. The zero-order valence-corrected chi connectivity index (χ0v) is 12.9. The van der Waals surface area contributed by atoms with Gasteiger partial charge in [-0.3, -0.25) is 0 Å². The van der Waals surface area contributed by atoms with E-state index in [4.69, 9.17) is 0 Å². The van der Waals surface area contributed by atoms with Gasteiger partial charge in [0.05, 0.1) is 0 Å². The molecule has 3 nitrogen and oxygen atoms in total. The van der Waals surface area contributed by atoms with Crippen LogP contribution in [0.1, 0.15) is 0 Å². The molecule has 21 heteroatoms. The molecule has 0 aliphatic rings. The predicted molar refractivity (Wildman–Crippen MR) is 50.4 cm³/mol. The van der Waals surface area contributed by atoms with Gasteiger partial charge in [0.1, 0.15) is 0 Å². The van der Waals surface area contributed by atoms with Crippen LogP contribution >= 0.6 is 0 Å². The van der Waals surface area contributed by atoms with Crippen LogP contribution in [-0.4, -0.2) is 59.9 Å². The topological polar surface area (TPSA) is 57.2 Å². The lowest BCUT2D eigenvalue weighted by molar-refractivity contribution is -0.465. The van der Waals surface area contributed by atoms with Crippen molar-refractivity contribution in [2.45, 2.75) is 47.0 Å². The second-order valence-electron chi connectivity index (χ2n) is 4.92. The highest BCUT2D eigenvalue weighted by Gasteiger charge is 2.98. The standard InChI is InChI=1S/C8HF17O3S/c9-1(6(18,19)20,3(12,13)7(21,22)23)2(10,11)4(14,15)5(16,17)8(24,25)29(26,27)28/h(H,26,27,28)/p-1. The van der Waals surface area contributed by atoms with Gasteiger partial charge in [0.25, 0.3) is 0 Å². The number of halogens is 17. The SMILES string of the molecule is O=S(=O)([O-])C(F)(F)C(F)(F)C(F)(F)C(F)(F)C(F)(C(F)(F)F)C(F)(F)C(F)(F)F. The first-order valence-electron chi connectivity index (χ1n) is 5.67. The van der Waals surface area contributed by atoms with Gasteiger partial charge in [-0.15, -0.1) is 0 Å². The molecule has 0 saturated carbocycles. The molecule has 0 amide bonds. The van der Waals surface area contributed by atoms with Crippen molar-refractivity contribution in [1.82, 2.24) is 0 Å². The van der Waals surface area contributed by atoms with Crippen LogP contribution in [-0.2, 0) is 10.1 Å². The molecule has 0 bridgehead atoms. The maximum atomic E-state index is 13.4. The summed E-state index contributed by atoms with van der Waals surface area (Å²) in [4.78, 5) is 0. The fourth-order valence-electron chi connectivity index (χ4n) is 1.50. The molecule has 0 radical (unpaired) electrons. The zero-order chi connectivity index (χ0) is 24.5. The minimum Gasteiger partial charge on any atom is -0.743 e. The van der Waals surface area contributed by atoms with E-state index in [-0.39, 0.29) is 0 Å². The fraction of sp³-hybridized carbons (Fsp3) is 1.00. The molecule has 0 fully saturated rings. The maximum Gasteiger partial charge on any atom is 0.457 e. The Morgan fingerprint density at radius 3 is 0.966 bits per heavy atom. The Bertz CT molecular complexity index is 731. The highest BCUT2D eigenvalue weighted by atomic mass is 32.2. The molecule has 29 heavy (non-hydrogen) atoms. The summed E-state index contributed by atoms with van der Waals surface area (Å²) in [7, 11) is -8.21. The summed E-state index contributed by atoms with van der Waals surface area (Å²) in [5.41, 5.74) is -9.05. The molecule has 0 spiro atoms. The second-order valence-corrected chi connectivity index (χ2v) is 6.34. The van der Waals surface area contributed by atoms with Gasteiger partial charge in [-0.1, -0.05) is 0 Å². The van der Waals surface area contributed by atoms with Crippen molar-refractivity contribution in [3.05, 3.63) is 0 Å². The molecule has 0 aromatic rings. The number of rotatable bonds is 6. The van der Waals surface area contributed by atoms with E-state index >= 15 is 0 Å². The van der Waals surface area contributed by atoms with Gasteiger partial charge in [-0.2, -0.15) is 70.2 Å². The van der Waals surface area contributed by atoms with E-state index in [0.717, 1.165) is 0 Å². The molecule has 1 atom stereocenters. The van der Waals surface area contributed by atoms with E-state index in [2.05, 4.69) is 0 Å². The van der Waals surface area contributed by atoms with Crippen molar-refractivity contribution in [2.24, 2.45) is 0 Å². The zero-order valence-electron chi connectivity index (χ0n) is 12.1. The van der Waals surface area contributed by atoms with Gasteiger partial charge in [0.2, 0.25) is 0 Å². The van der Waals surface area contributed by atoms with Crippen molar-refractivity contribution < 1.29 is 87.6 Å². The Kier molecular flexibility index (Phi) is 6.08. The molecule has 0 rings (SSSR count). The molecule has 0 N–H and O–H groups in total. The predicted octanol–water partition coefficient (Wildman–Crippen LogP) is 4.50. The highest BCUT2D eigenvalue weighted by molar-refractivity contribution is 7.86. The van der Waals surface area contributed by atoms with Crippen molar-refractivity contribution in [2.75, 3.05) is 0 Å². The van der Waals surface area contributed by atoms with Crippen LogP contribution in [0.15, 0.2) is 0 Å². The Morgan fingerprint density at radius 2 is 0.759 bits per heavy atom. The van der Waals surface area contributed by atoms with Crippen molar-refractivity contribution in [3.63, 3.8) is 0 Å². The monoisotopic (exact) mass is 499 g/mol. The van der Waals surface area contributed by atoms with Crippen molar-refractivity contribution in [3.8, 4) is 0 Å². The van der Waals surface area contributed by atoms with Gasteiger partial charge < -0.3 is 4.55 Å². The molecular formula is C8F17O3S-. The van der Waals surface area contributed by atoms with Gasteiger partial charge in [-0.05, 0) is 0 Å². The van der Waals surface area contributed by atoms with Crippen LogP contribution in [0, 0.1) is 0 Å². The molecule has 0 aliphatic carbocycles. The molecule has 0 heterocycles. The first-order chi connectivity index (χ1) is 12.0. The van der Waals surface area contributed by atoms with Gasteiger partial charge in [-0.25, -0.2) is 12.8 Å². The lowest BCUT2D eigenvalue weighted by Crippen LogP contribution is -2.78. The molecule has 176 valence electrons. The Morgan fingerprint density at radius 1 is 0.448 bits per heavy atom. The second kappa shape index (κ2) is 6.36. The third-order valence-electron chi connectivity index (χ3n) is 3.08. The Hall–Kier alpha value is -1.28. The average Bonchev–Trinajstić information content (AvgIpc) is 2.41. The van der Waals surface area contributed by atoms with E-state index in [1.807, 2.05) is 0 Å². The lowest BCUT2D eigenvalue weighted by Gasteiger charge is -2.45. The molecule has 0 aliphatic heterocycles. The van der Waals surface area contributed by atoms with E-state index in [1.54, 1.807) is 0 Å². The molecule has 0 aromatic carbocycles. The van der Waals surface area contributed by atoms with E-state index in [1.165, 1.54) is 0 Å². The van der Waals surface area contributed by atoms with E-state index in [0.29, 0.717) is 0 Å². The normalized spacial score (nSPS) is 18.6. The van der Waals surface area contributed by atoms with Crippen LogP contribution in [0.5, 0.6) is 0 Å². The van der Waals surface area contributed by atoms with Gasteiger partial charge in [0.15, 0.2) is 10.1 Å². The summed E-state index contributed by atoms with van der Waals surface area (Å²) in [5.74, 6) is -35.4. The van der Waals surface area contributed by atoms with Crippen molar-refractivity contribution >= 4 is 10.1 Å². The number of hydrogen-bond acceptors (Lipinski definition) is 3. The van der Waals surface area contributed by atoms with E-state index in [9.17, 15) is 87.6 Å². The number of alkyl halides is 17. The van der Waals surface area contributed by atoms with Crippen molar-refractivity contribution in [1.29, 1.82) is 0 Å². The first-order valence-corrected chi connectivity index (χ1v) is 7.08. The lowest BCUT2D eigenvalue weighted by atomic mass is 9.83. The summed E-state index contributed by atoms with van der Waals surface area (Å²) in [6.07, 6.45) is -16.7. The minimum atomic E-state index is -9.14. The summed E-state index contributed by atoms with van der Waals surface area (Å²) in [6.45, 7) is 0. The van der Waals surface area contributed by atoms with Gasteiger partial charge >= 0.3 is 47.0 Å². The average molecular weight is 499 g/mol. The van der Waals surface area contributed by atoms with Crippen LogP contribution in [0.2, 0.25) is 0 Å². The third-order valence-corrected chi connectivity index (χ3v) is 3.96. The molecule has 1 unspecified atom stereocenters. The largest absolute Gasteiger partial charge is 0.743 e. The minimum absolute atomic E-state index is 8.03. The summed E-state index contributed by atoms with van der Waals surface area (Å²) < 4.78 is 245. The smallest absolute Gasteiger partial charge is 0.457 e. The highest BCUT2D eigenvalue weighted by Crippen LogP contribution is 2.66. The van der Waals surface area contributed by atoms with E-state index < -0.39 is 57.1 Å². The van der Waals surface area contributed by atoms with Crippen LogP contribution in [0.25, 0.3) is 0 Å².